The van der Waals surface area contributed by atoms with Gasteiger partial charge in [0, 0.05) is 13.0 Å². The van der Waals surface area contributed by atoms with Gasteiger partial charge in [0.15, 0.2) is 0 Å². The monoisotopic (exact) mass is 227 g/mol. The summed E-state index contributed by atoms with van der Waals surface area (Å²) in [6.45, 7) is 2.85. The van der Waals surface area contributed by atoms with Gasteiger partial charge < -0.3 is 10.8 Å². The number of hydrogen-bond donors (Lipinski definition) is 2. The molecule has 1 atom stereocenters. The van der Waals surface area contributed by atoms with Crippen molar-refractivity contribution in [1.29, 1.82) is 0 Å². The molecule has 0 saturated carbocycles. The van der Waals surface area contributed by atoms with E-state index in [1.165, 1.54) is 0 Å². The lowest BCUT2D eigenvalue weighted by atomic mass is 9.73. The minimum atomic E-state index is -4.34. The lowest BCUT2D eigenvalue weighted by Gasteiger charge is -2.32. The van der Waals surface area contributed by atoms with Crippen LogP contribution in [0.3, 0.4) is 0 Å². The molecule has 0 bridgehead atoms. The van der Waals surface area contributed by atoms with Crippen molar-refractivity contribution in [2.75, 3.05) is 6.54 Å². The van der Waals surface area contributed by atoms with Crippen molar-refractivity contribution >= 4 is 5.97 Å². The van der Waals surface area contributed by atoms with Crippen molar-refractivity contribution in [1.82, 2.24) is 0 Å². The van der Waals surface area contributed by atoms with Crippen LogP contribution in [0, 0.1) is 11.3 Å². The first kappa shape index (κ1) is 14.2. The van der Waals surface area contributed by atoms with Gasteiger partial charge in [-0.25, -0.2) is 0 Å². The van der Waals surface area contributed by atoms with Crippen LogP contribution in [0.1, 0.15) is 26.7 Å². The topological polar surface area (TPSA) is 63.3 Å². The molecular weight excluding hydrogens is 211 g/mol. The molecule has 3 N–H and O–H groups in total. The Morgan fingerprint density at radius 3 is 2.00 bits per heavy atom. The van der Waals surface area contributed by atoms with E-state index in [1.54, 1.807) is 13.8 Å². The number of nitrogens with two attached hydrogens (primary N) is 1. The summed E-state index contributed by atoms with van der Waals surface area (Å²) in [5.41, 5.74) is 3.81. The zero-order valence-corrected chi connectivity index (χ0v) is 8.77. The molecule has 1 unspecified atom stereocenters. The number of carboxylic acids is 1. The Kier molecular flexibility index (Phi) is 4.58. The molecule has 0 fully saturated rings. The highest BCUT2D eigenvalue weighted by atomic mass is 19.4. The Labute approximate surface area is 86.5 Å². The highest BCUT2D eigenvalue weighted by Gasteiger charge is 2.43. The molecule has 0 amide bonds. The third-order valence-electron chi connectivity index (χ3n) is 2.75. The molecule has 0 aromatic carbocycles. The Morgan fingerprint density at radius 1 is 1.33 bits per heavy atom. The Balaban J connectivity index is 4.72. The molecule has 90 valence electrons. The van der Waals surface area contributed by atoms with Crippen LogP contribution in [-0.2, 0) is 4.79 Å². The van der Waals surface area contributed by atoms with Gasteiger partial charge in [0.1, 0.15) is 0 Å². The molecule has 0 spiro atoms. The lowest BCUT2D eigenvalue weighted by molar-refractivity contribution is -0.160. The van der Waals surface area contributed by atoms with Crippen molar-refractivity contribution in [3.05, 3.63) is 0 Å². The molecule has 0 saturated heterocycles. The van der Waals surface area contributed by atoms with Crippen molar-refractivity contribution in [2.45, 2.75) is 32.9 Å². The third kappa shape index (κ3) is 3.70. The van der Waals surface area contributed by atoms with E-state index in [4.69, 9.17) is 10.8 Å². The number of halogens is 3. The van der Waals surface area contributed by atoms with E-state index >= 15 is 0 Å². The number of aliphatic carboxylic acids is 1. The molecule has 0 aliphatic carbocycles. The summed E-state index contributed by atoms with van der Waals surface area (Å²) in [6.07, 6.45) is -5.93. The SMILES string of the molecule is CC(C)C(CN)(CCC(F)(F)F)C(=O)O. The van der Waals surface area contributed by atoms with E-state index in [1.807, 2.05) is 0 Å². The van der Waals surface area contributed by atoms with Crippen molar-refractivity contribution in [2.24, 2.45) is 17.1 Å². The van der Waals surface area contributed by atoms with Crippen LogP contribution < -0.4 is 5.73 Å². The van der Waals surface area contributed by atoms with Gasteiger partial charge in [-0.1, -0.05) is 13.8 Å². The predicted molar refractivity (Wildman–Crippen MR) is 49.3 cm³/mol. The molecule has 0 aromatic heterocycles. The molecule has 0 heterocycles. The zero-order chi connectivity index (χ0) is 12.3. The quantitative estimate of drug-likeness (QED) is 0.755. The second-order valence-electron chi connectivity index (χ2n) is 3.94. The fourth-order valence-corrected chi connectivity index (χ4v) is 1.43. The summed E-state index contributed by atoms with van der Waals surface area (Å²) in [7, 11) is 0. The molecule has 0 aliphatic heterocycles. The Hall–Kier alpha value is -0.780. The van der Waals surface area contributed by atoms with Crippen LogP contribution >= 0.6 is 0 Å². The Bertz CT molecular complexity index is 228. The number of rotatable bonds is 5. The molecule has 0 aliphatic rings. The molecule has 0 rings (SSSR count). The summed E-state index contributed by atoms with van der Waals surface area (Å²) < 4.78 is 36.0. The van der Waals surface area contributed by atoms with Crippen molar-refractivity contribution in [3.8, 4) is 0 Å². The Morgan fingerprint density at radius 2 is 1.80 bits per heavy atom. The molecular formula is C9H16F3NO2. The number of carboxylic acid groups (broad SMARTS) is 1. The molecule has 0 aromatic rings. The first-order valence-electron chi connectivity index (χ1n) is 4.66. The normalized spacial score (nSPS) is 16.5. The predicted octanol–water partition coefficient (Wildman–Crippen LogP) is 2.01. The zero-order valence-electron chi connectivity index (χ0n) is 8.77. The first-order valence-corrected chi connectivity index (χ1v) is 4.66. The summed E-state index contributed by atoms with van der Waals surface area (Å²) in [4.78, 5) is 11.0. The van der Waals surface area contributed by atoms with Gasteiger partial charge in [-0.3, -0.25) is 4.79 Å². The molecule has 15 heavy (non-hydrogen) atoms. The van der Waals surface area contributed by atoms with E-state index in [0.717, 1.165) is 0 Å². The standard InChI is InChI=1S/C9H16F3NO2/c1-6(2)8(5-13,7(14)15)3-4-9(10,11)12/h6H,3-5,13H2,1-2H3,(H,14,15). The molecule has 6 heteroatoms. The fourth-order valence-electron chi connectivity index (χ4n) is 1.43. The van der Waals surface area contributed by atoms with Gasteiger partial charge in [0.2, 0.25) is 0 Å². The summed E-state index contributed by atoms with van der Waals surface area (Å²) in [5, 5.41) is 8.94. The first-order chi connectivity index (χ1) is 6.65. The van der Waals surface area contributed by atoms with Crippen LogP contribution in [0.15, 0.2) is 0 Å². The average Bonchev–Trinajstić information content (AvgIpc) is 2.02. The van der Waals surface area contributed by atoms with Crippen LogP contribution in [0.25, 0.3) is 0 Å². The maximum absolute atomic E-state index is 12.0. The van der Waals surface area contributed by atoms with Gasteiger partial charge in [-0.05, 0) is 12.3 Å². The van der Waals surface area contributed by atoms with E-state index in [0.29, 0.717) is 0 Å². The lowest BCUT2D eigenvalue weighted by Crippen LogP contribution is -2.43. The van der Waals surface area contributed by atoms with Crippen LogP contribution in [0.2, 0.25) is 0 Å². The van der Waals surface area contributed by atoms with Gasteiger partial charge in [-0.15, -0.1) is 0 Å². The second-order valence-corrected chi connectivity index (χ2v) is 3.94. The maximum Gasteiger partial charge on any atom is 0.389 e. The summed E-state index contributed by atoms with van der Waals surface area (Å²) >= 11 is 0. The van der Waals surface area contributed by atoms with Gasteiger partial charge >= 0.3 is 12.1 Å². The van der Waals surface area contributed by atoms with E-state index < -0.39 is 36.3 Å². The maximum atomic E-state index is 12.0. The highest BCUT2D eigenvalue weighted by Crippen LogP contribution is 2.36. The smallest absolute Gasteiger partial charge is 0.389 e. The van der Waals surface area contributed by atoms with Gasteiger partial charge in [0.25, 0.3) is 0 Å². The minimum absolute atomic E-state index is 0.282. The van der Waals surface area contributed by atoms with E-state index in [-0.39, 0.29) is 6.54 Å². The number of carbonyl (C=O) groups is 1. The van der Waals surface area contributed by atoms with E-state index in [2.05, 4.69) is 0 Å². The number of alkyl halides is 3. The summed E-state index contributed by atoms with van der Waals surface area (Å²) in [6, 6.07) is 0. The molecule has 0 radical (unpaired) electrons. The number of hydrogen-bond acceptors (Lipinski definition) is 2. The van der Waals surface area contributed by atoms with Gasteiger partial charge in [-0.2, -0.15) is 13.2 Å². The van der Waals surface area contributed by atoms with Crippen molar-refractivity contribution in [3.63, 3.8) is 0 Å². The van der Waals surface area contributed by atoms with Crippen LogP contribution in [-0.4, -0.2) is 23.8 Å². The van der Waals surface area contributed by atoms with Crippen LogP contribution in [0.4, 0.5) is 13.2 Å². The second kappa shape index (κ2) is 4.83. The third-order valence-corrected chi connectivity index (χ3v) is 2.75. The highest BCUT2D eigenvalue weighted by molar-refractivity contribution is 5.75. The van der Waals surface area contributed by atoms with Crippen molar-refractivity contribution < 1.29 is 23.1 Å². The van der Waals surface area contributed by atoms with Gasteiger partial charge in [0.05, 0.1) is 5.41 Å². The fraction of sp³-hybridized carbons (Fsp3) is 0.889. The largest absolute Gasteiger partial charge is 0.481 e. The average molecular weight is 227 g/mol. The van der Waals surface area contributed by atoms with E-state index in [9.17, 15) is 18.0 Å². The molecule has 3 nitrogen and oxygen atoms in total. The summed E-state index contributed by atoms with van der Waals surface area (Å²) in [5.74, 6) is -1.69. The van der Waals surface area contributed by atoms with Crippen LogP contribution in [0.5, 0.6) is 0 Å². The minimum Gasteiger partial charge on any atom is -0.481 e.